The van der Waals surface area contributed by atoms with E-state index in [-0.39, 0.29) is 11.8 Å². The first kappa shape index (κ1) is 18.4. The number of imidazole rings is 1. The summed E-state index contributed by atoms with van der Waals surface area (Å²) in [6.45, 7) is 0.474. The number of hydrogen-bond donors (Lipinski definition) is 1. The largest absolute Gasteiger partial charge is 0.336 e. The zero-order valence-corrected chi connectivity index (χ0v) is 17.6. The third-order valence-electron chi connectivity index (χ3n) is 7.06. The van der Waals surface area contributed by atoms with Gasteiger partial charge in [-0.05, 0) is 37.0 Å². The minimum absolute atomic E-state index is 0.0688. The summed E-state index contributed by atoms with van der Waals surface area (Å²) in [5, 5.41) is 7.63. The molecule has 1 aliphatic carbocycles. The summed E-state index contributed by atoms with van der Waals surface area (Å²) in [4.78, 5) is 33.6. The molecule has 31 heavy (non-hydrogen) atoms. The lowest BCUT2D eigenvalue weighted by Gasteiger charge is -2.33. The number of fused-ring (bicyclic) bond motifs is 2. The first-order chi connectivity index (χ1) is 15.0. The fourth-order valence-electron chi connectivity index (χ4n) is 5.32. The van der Waals surface area contributed by atoms with E-state index >= 15 is 0 Å². The molecule has 2 atom stereocenters. The second-order valence-corrected chi connectivity index (χ2v) is 8.87. The van der Waals surface area contributed by atoms with Gasteiger partial charge in [0, 0.05) is 44.6 Å². The average Bonchev–Trinajstić information content (AvgIpc) is 3.09. The van der Waals surface area contributed by atoms with Crippen LogP contribution in [0.15, 0.2) is 42.7 Å². The summed E-state index contributed by atoms with van der Waals surface area (Å²) in [5.41, 5.74) is 2.44. The van der Waals surface area contributed by atoms with Gasteiger partial charge in [0.25, 0.3) is 5.91 Å². The second kappa shape index (κ2) is 6.29. The maximum absolute atomic E-state index is 13.8. The molecule has 1 N–H and O–H groups in total. The number of anilines is 1. The van der Waals surface area contributed by atoms with E-state index in [0.29, 0.717) is 30.4 Å². The Bertz CT molecular complexity index is 1220. The quantitative estimate of drug-likeness (QED) is 0.711. The van der Waals surface area contributed by atoms with Crippen LogP contribution in [0, 0.1) is 0 Å². The van der Waals surface area contributed by atoms with Crippen LogP contribution < -0.4 is 5.32 Å². The number of nitrogens with one attached hydrogen (secondary N) is 1. The van der Waals surface area contributed by atoms with Gasteiger partial charge >= 0.3 is 0 Å². The van der Waals surface area contributed by atoms with Gasteiger partial charge in [-0.2, -0.15) is 5.10 Å². The van der Waals surface area contributed by atoms with Crippen LogP contribution in [0.1, 0.15) is 58.8 Å². The fraction of sp³-hybridized carbons (Fsp3) is 0.391. The van der Waals surface area contributed by atoms with Crippen molar-refractivity contribution in [1.82, 2.24) is 24.2 Å². The van der Waals surface area contributed by atoms with Gasteiger partial charge in [0.15, 0.2) is 0 Å². The number of para-hydroxylation sites is 1. The van der Waals surface area contributed by atoms with Crippen molar-refractivity contribution in [1.29, 1.82) is 0 Å². The smallest absolute Gasteiger partial charge is 0.272 e. The Morgan fingerprint density at radius 3 is 2.77 bits per heavy atom. The van der Waals surface area contributed by atoms with Crippen LogP contribution in [-0.2, 0) is 24.3 Å². The Kier molecular flexibility index (Phi) is 3.73. The number of benzene rings is 1. The van der Waals surface area contributed by atoms with E-state index in [1.54, 1.807) is 10.9 Å². The monoisotopic (exact) mass is 416 g/mol. The van der Waals surface area contributed by atoms with Gasteiger partial charge in [0.2, 0.25) is 5.91 Å². The van der Waals surface area contributed by atoms with Crippen LogP contribution in [-0.4, -0.2) is 42.6 Å². The number of likely N-dealkylation sites (tertiary alicyclic amines) is 1. The van der Waals surface area contributed by atoms with Gasteiger partial charge in [-0.15, -0.1) is 0 Å². The molecule has 1 saturated carbocycles. The third-order valence-corrected chi connectivity index (χ3v) is 7.06. The molecule has 8 heteroatoms. The average molecular weight is 416 g/mol. The highest BCUT2D eigenvalue weighted by Crippen LogP contribution is 2.54. The second-order valence-electron chi connectivity index (χ2n) is 8.87. The van der Waals surface area contributed by atoms with Crippen LogP contribution >= 0.6 is 0 Å². The molecule has 8 nitrogen and oxygen atoms in total. The van der Waals surface area contributed by atoms with Gasteiger partial charge < -0.3 is 14.8 Å². The van der Waals surface area contributed by atoms with Gasteiger partial charge in [-0.3, -0.25) is 14.3 Å². The van der Waals surface area contributed by atoms with Crippen molar-refractivity contribution in [3.63, 3.8) is 0 Å². The molecule has 2 fully saturated rings. The fourth-order valence-corrected chi connectivity index (χ4v) is 5.32. The number of amides is 2. The van der Waals surface area contributed by atoms with Crippen LogP contribution in [0.2, 0.25) is 0 Å². The van der Waals surface area contributed by atoms with Crippen molar-refractivity contribution in [2.45, 2.75) is 36.6 Å². The molecular formula is C23H24N6O2. The van der Waals surface area contributed by atoms with Gasteiger partial charge in [0.05, 0.1) is 5.69 Å². The zero-order chi connectivity index (χ0) is 21.3. The number of carbonyl (C=O) groups excluding carboxylic acids is 2. The zero-order valence-electron chi connectivity index (χ0n) is 17.6. The molecule has 0 radical (unpaired) electrons. The minimum atomic E-state index is -0.858. The van der Waals surface area contributed by atoms with Crippen LogP contribution in [0.5, 0.6) is 0 Å². The van der Waals surface area contributed by atoms with Crippen molar-refractivity contribution in [2.24, 2.45) is 14.1 Å². The molecule has 1 aromatic carbocycles. The molecule has 3 aliphatic rings. The number of hydrogen-bond acceptors (Lipinski definition) is 4. The van der Waals surface area contributed by atoms with Crippen molar-refractivity contribution < 1.29 is 9.59 Å². The van der Waals surface area contributed by atoms with Crippen molar-refractivity contribution in [2.75, 3.05) is 11.9 Å². The molecule has 0 bridgehead atoms. The number of rotatable bonds is 3. The number of aryl methyl sites for hydroxylation is 2. The van der Waals surface area contributed by atoms with E-state index in [0.717, 1.165) is 29.8 Å². The van der Waals surface area contributed by atoms with Crippen LogP contribution in [0.3, 0.4) is 0 Å². The Hall–Kier alpha value is -3.42. The summed E-state index contributed by atoms with van der Waals surface area (Å²) in [6, 6.07) is 9.20. The molecule has 4 heterocycles. The molecule has 2 aromatic heterocycles. The molecule has 2 amide bonds. The van der Waals surface area contributed by atoms with Crippen LogP contribution in [0.25, 0.3) is 0 Å². The first-order valence-electron chi connectivity index (χ1n) is 10.7. The van der Waals surface area contributed by atoms with E-state index in [1.165, 1.54) is 0 Å². The van der Waals surface area contributed by atoms with E-state index in [2.05, 4.69) is 15.4 Å². The third kappa shape index (κ3) is 2.47. The lowest BCUT2D eigenvalue weighted by atomic mass is 9.74. The summed E-state index contributed by atoms with van der Waals surface area (Å²) in [6.07, 6.45) is 6.39. The normalized spacial score (nSPS) is 24.6. The maximum Gasteiger partial charge on any atom is 0.272 e. The Labute approximate surface area is 179 Å². The van der Waals surface area contributed by atoms with Crippen molar-refractivity contribution in [3.8, 4) is 0 Å². The Balaban J connectivity index is 1.49. The highest BCUT2D eigenvalue weighted by Gasteiger charge is 2.60. The highest BCUT2D eigenvalue weighted by molar-refractivity contribution is 6.08. The Morgan fingerprint density at radius 1 is 1.23 bits per heavy atom. The molecule has 1 spiro atoms. The molecule has 1 saturated heterocycles. The van der Waals surface area contributed by atoms with Crippen molar-refractivity contribution >= 4 is 17.5 Å². The topological polar surface area (TPSA) is 85.1 Å². The molecule has 3 aromatic rings. The molecule has 6 rings (SSSR count). The van der Waals surface area contributed by atoms with Gasteiger partial charge in [-0.25, -0.2) is 4.98 Å². The first-order valence-corrected chi connectivity index (χ1v) is 10.7. The lowest BCUT2D eigenvalue weighted by molar-refractivity contribution is -0.121. The highest BCUT2D eigenvalue weighted by atomic mass is 16.2. The van der Waals surface area contributed by atoms with E-state index < -0.39 is 11.5 Å². The van der Waals surface area contributed by atoms with Crippen molar-refractivity contribution in [3.05, 3.63) is 65.5 Å². The predicted octanol–water partition coefficient (Wildman–Crippen LogP) is 2.51. The summed E-state index contributed by atoms with van der Waals surface area (Å²) in [5.74, 6) is 1.00. The maximum atomic E-state index is 13.8. The molecule has 2 aliphatic heterocycles. The van der Waals surface area contributed by atoms with E-state index in [1.807, 2.05) is 60.1 Å². The minimum Gasteiger partial charge on any atom is -0.336 e. The van der Waals surface area contributed by atoms with Gasteiger partial charge in [0.1, 0.15) is 23.0 Å². The standard InChI is InChI=1S/C23H24N6O2/c1-27-12-10-24-20(27)19-23(15-5-3-4-6-16(15)25-22(23)31)9-11-29(19)21(30)18-13-17(14-7-8-14)26-28(18)2/h3-6,10,12-14,19H,7-9,11H2,1-2H3,(H,25,31)/t19-,23+/m0/s1. The molecule has 158 valence electrons. The molecule has 0 unspecified atom stereocenters. The predicted molar refractivity (Wildman–Crippen MR) is 114 cm³/mol. The summed E-state index contributed by atoms with van der Waals surface area (Å²) >= 11 is 0. The molecular weight excluding hydrogens is 392 g/mol. The SMILES string of the molecule is Cn1ccnc1[C@@H]1N(C(=O)c2cc(C3CC3)nn2C)CC[C@]12C(=O)Nc1ccccc12. The Morgan fingerprint density at radius 2 is 2.03 bits per heavy atom. The van der Waals surface area contributed by atoms with Crippen LogP contribution in [0.4, 0.5) is 5.69 Å². The summed E-state index contributed by atoms with van der Waals surface area (Å²) in [7, 11) is 3.73. The number of aromatic nitrogens is 4. The lowest BCUT2D eigenvalue weighted by Crippen LogP contribution is -2.44. The van der Waals surface area contributed by atoms with E-state index in [4.69, 9.17) is 0 Å². The van der Waals surface area contributed by atoms with E-state index in [9.17, 15) is 9.59 Å². The summed E-state index contributed by atoms with van der Waals surface area (Å²) < 4.78 is 3.59. The van der Waals surface area contributed by atoms with Gasteiger partial charge in [-0.1, -0.05) is 18.2 Å². The number of nitrogens with zero attached hydrogens (tertiary/aromatic N) is 5. The number of carbonyl (C=O) groups is 2.